The number of rotatable bonds is 1. The third kappa shape index (κ3) is 2.25. The van der Waals surface area contributed by atoms with Gasteiger partial charge in [0.05, 0.1) is 5.56 Å². The number of likely N-dealkylation sites (tertiary alicyclic amines) is 1. The van der Waals surface area contributed by atoms with Gasteiger partial charge in [0.1, 0.15) is 5.82 Å². The van der Waals surface area contributed by atoms with Gasteiger partial charge in [-0.25, -0.2) is 4.39 Å². The number of benzene rings is 1. The molecule has 2 unspecified atom stereocenters. The summed E-state index contributed by atoms with van der Waals surface area (Å²) in [6.45, 7) is 1.46. The fourth-order valence-corrected chi connectivity index (χ4v) is 3.30. The Hall–Kier alpha value is -1.42. The number of halogens is 1. The van der Waals surface area contributed by atoms with E-state index in [4.69, 9.17) is 0 Å². The maximum atomic E-state index is 13.7. The van der Waals surface area contributed by atoms with Crippen LogP contribution in [0.5, 0.6) is 0 Å². The van der Waals surface area contributed by atoms with Crippen LogP contribution in [0.15, 0.2) is 24.3 Å². The SMILES string of the molecule is CN1C2CCC1CN(C(=O)c1ccccc1F)CC2. The van der Waals surface area contributed by atoms with Gasteiger partial charge in [-0.1, -0.05) is 12.1 Å². The molecule has 0 saturated carbocycles. The van der Waals surface area contributed by atoms with Crippen molar-refractivity contribution in [3.8, 4) is 0 Å². The smallest absolute Gasteiger partial charge is 0.256 e. The van der Waals surface area contributed by atoms with Crippen LogP contribution < -0.4 is 0 Å². The minimum atomic E-state index is -0.421. The van der Waals surface area contributed by atoms with E-state index in [1.807, 2.05) is 4.90 Å². The predicted octanol–water partition coefficient (Wildman–Crippen LogP) is 2.13. The maximum absolute atomic E-state index is 13.7. The topological polar surface area (TPSA) is 23.6 Å². The molecule has 19 heavy (non-hydrogen) atoms. The van der Waals surface area contributed by atoms with E-state index >= 15 is 0 Å². The second-order valence-corrected chi connectivity index (χ2v) is 5.57. The monoisotopic (exact) mass is 262 g/mol. The molecule has 1 aromatic carbocycles. The third-order valence-electron chi connectivity index (χ3n) is 4.54. The highest BCUT2D eigenvalue weighted by Crippen LogP contribution is 2.29. The fraction of sp³-hybridized carbons (Fsp3) is 0.533. The zero-order chi connectivity index (χ0) is 13.4. The third-order valence-corrected chi connectivity index (χ3v) is 4.54. The van der Waals surface area contributed by atoms with E-state index in [1.54, 1.807) is 18.2 Å². The fourth-order valence-electron chi connectivity index (χ4n) is 3.30. The molecule has 2 bridgehead atoms. The Morgan fingerprint density at radius 2 is 1.95 bits per heavy atom. The van der Waals surface area contributed by atoms with E-state index in [0.717, 1.165) is 25.9 Å². The van der Waals surface area contributed by atoms with E-state index in [-0.39, 0.29) is 11.5 Å². The number of hydrogen-bond donors (Lipinski definition) is 0. The molecule has 0 aliphatic carbocycles. The molecule has 2 heterocycles. The van der Waals surface area contributed by atoms with Crippen molar-refractivity contribution < 1.29 is 9.18 Å². The Morgan fingerprint density at radius 1 is 1.21 bits per heavy atom. The van der Waals surface area contributed by atoms with Crippen LogP contribution in [-0.2, 0) is 0 Å². The van der Waals surface area contributed by atoms with E-state index in [0.29, 0.717) is 12.1 Å². The van der Waals surface area contributed by atoms with Crippen molar-refractivity contribution >= 4 is 5.91 Å². The average molecular weight is 262 g/mol. The Balaban J connectivity index is 1.80. The van der Waals surface area contributed by atoms with Gasteiger partial charge in [0, 0.05) is 25.2 Å². The van der Waals surface area contributed by atoms with E-state index in [2.05, 4.69) is 11.9 Å². The number of fused-ring (bicyclic) bond motifs is 2. The van der Waals surface area contributed by atoms with Crippen LogP contribution in [0.2, 0.25) is 0 Å². The zero-order valence-electron chi connectivity index (χ0n) is 11.2. The number of likely N-dealkylation sites (N-methyl/N-ethyl adjacent to an activating group) is 1. The minimum Gasteiger partial charge on any atom is -0.337 e. The second kappa shape index (κ2) is 4.93. The summed E-state index contributed by atoms with van der Waals surface area (Å²) < 4.78 is 13.7. The van der Waals surface area contributed by atoms with Gasteiger partial charge >= 0.3 is 0 Å². The maximum Gasteiger partial charge on any atom is 0.256 e. The lowest BCUT2D eigenvalue weighted by molar-refractivity contribution is 0.0735. The first-order valence-electron chi connectivity index (χ1n) is 6.92. The molecule has 2 fully saturated rings. The zero-order valence-corrected chi connectivity index (χ0v) is 11.2. The van der Waals surface area contributed by atoms with Gasteiger partial charge in [0.15, 0.2) is 0 Å². The molecule has 0 radical (unpaired) electrons. The van der Waals surface area contributed by atoms with Crippen molar-refractivity contribution in [2.24, 2.45) is 0 Å². The lowest BCUT2D eigenvalue weighted by atomic mass is 10.1. The molecule has 4 heteroatoms. The lowest BCUT2D eigenvalue weighted by Gasteiger charge is -2.26. The van der Waals surface area contributed by atoms with Crippen LogP contribution in [0, 0.1) is 5.82 Å². The Morgan fingerprint density at radius 3 is 2.74 bits per heavy atom. The molecular formula is C15H19FN2O. The van der Waals surface area contributed by atoms with Crippen LogP contribution >= 0.6 is 0 Å². The molecule has 3 rings (SSSR count). The molecule has 3 nitrogen and oxygen atoms in total. The first-order chi connectivity index (χ1) is 9.16. The van der Waals surface area contributed by atoms with Gasteiger partial charge in [-0.3, -0.25) is 9.69 Å². The number of carbonyl (C=O) groups excluding carboxylic acids is 1. The Labute approximate surface area is 113 Å². The number of nitrogens with zero attached hydrogens (tertiary/aromatic N) is 2. The summed E-state index contributed by atoms with van der Waals surface area (Å²) in [5.74, 6) is -0.589. The standard InChI is InChI=1S/C15H19FN2O/c1-17-11-6-7-12(17)10-18(9-8-11)15(19)13-4-2-3-5-14(13)16/h2-5,11-12H,6-10H2,1H3. The van der Waals surface area contributed by atoms with E-state index in [1.165, 1.54) is 12.5 Å². The molecule has 2 aliphatic rings. The largest absolute Gasteiger partial charge is 0.337 e. The van der Waals surface area contributed by atoms with Crippen LogP contribution in [0.3, 0.4) is 0 Å². The summed E-state index contributed by atoms with van der Waals surface area (Å²) in [7, 11) is 2.14. The van der Waals surface area contributed by atoms with Crippen molar-refractivity contribution in [2.45, 2.75) is 31.3 Å². The summed E-state index contributed by atoms with van der Waals surface area (Å²) >= 11 is 0. The normalized spacial score (nSPS) is 27.4. The molecule has 0 spiro atoms. The quantitative estimate of drug-likeness (QED) is 0.774. The molecule has 2 saturated heterocycles. The molecule has 0 N–H and O–H groups in total. The highest BCUT2D eigenvalue weighted by molar-refractivity contribution is 5.94. The molecule has 2 aliphatic heterocycles. The molecule has 102 valence electrons. The van der Waals surface area contributed by atoms with Crippen molar-refractivity contribution in [3.05, 3.63) is 35.6 Å². The highest BCUT2D eigenvalue weighted by atomic mass is 19.1. The van der Waals surface area contributed by atoms with Crippen LogP contribution in [0.4, 0.5) is 4.39 Å². The minimum absolute atomic E-state index is 0.168. The number of hydrogen-bond acceptors (Lipinski definition) is 2. The summed E-state index contributed by atoms with van der Waals surface area (Å²) in [6.07, 6.45) is 3.36. The second-order valence-electron chi connectivity index (χ2n) is 5.57. The first kappa shape index (κ1) is 12.6. The number of amides is 1. The molecule has 1 aromatic rings. The van der Waals surface area contributed by atoms with E-state index in [9.17, 15) is 9.18 Å². The van der Waals surface area contributed by atoms with Gasteiger partial charge in [-0.15, -0.1) is 0 Å². The lowest BCUT2D eigenvalue weighted by Crippen LogP contribution is -2.40. The van der Waals surface area contributed by atoms with E-state index < -0.39 is 5.82 Å². The van der Waals surface area contributed by atoms with Gasteiger partial charge in [-0.2, -0.15) is 0 Å². The summed E-state index contributed by atoms with van der Waals surface area (Å²) in [4.78, 5) is 16.6. The van der Waals surface area contributed by atoms with Gasteiger partial charge in [0.25, 0.3) is 5.91 Å². The van der Waals surface area contributed by atoms with Gasteiger partial charge < -0.3 is 4.90 Å². The van der Waals surface area contributed by atoms with Crippen molar-refractivity contribution in [3.63, 3.8) is 0 Å². The predicted molar refractivity (Wildman–Crippen MR) is 71.5 cm³/mol. The summed E-state index contributed by atoms with van der Waals surface area (Å²) in [5.41, 5.74) is 0.197. The molecular weight excluding hydrogens is 243 g/mol. The molecule has 1 amide bonds. The van der Waals surface area contributed by atoms with Gasteiger partial charge in [0.2, 0.25) is 0 Å². The van der Waals surface area contributed by atoms with Crippen molar-refractivity contribution in [2.75, 3.05) is 20.1 Å². The Kier molecular flexibility index (Phi) is 3.27. The van der Waals surface area contributed by atoms with Crippen LogP contribution in [-0.4, -0.2) is 47.9 Å². The summed E-state index contributed by atoms with van der Waals surface area (Å²) in [5, 5.41) is 0. The Bertz CT molecular complexity index is 491. The first-order valence-corrected chi connectivity index (χ1v) is 6.92. The molecule has 0 aromatic heterocycles. The number of carbonyl (C=O) groups is 1. The molecule has 2 atom stereocenters. The van der Waals surface area contributed by atoms with Crippen LogP contribution in [0.1, 0.15) is 29.6 Å². The van der Waals surface area contributed by atoms with Crippen LogP contribution in [0.25, 0.3) is 0 Å². The summed E-state index contributed by atoms with van der Waals surface area (Å²) in [6, 6.07) is 7.27. The average Bonchev–Trinajstić information content (AvgIpc) is 2.63. The van der Waals surface area contributed by atoms with Crippen molar-refractivity contribution in [1.29, 1.82) is 0 Å². The van der Waals surface area contributed by atoms with Crippen molar-refractivity contribution in [1.82, 2.24) is 9.80 Å². The highest BCUT2D eigenvalue weighted by Gasteiger charge is 2.36. The van der Waals surface area contributed by atoms with Gasteiger partial charge in [-0.05, 0) is 38.4 Å².